The van der Waals surface area contributed by atoms with Crippen LogP contribution in [0.3, 0.4) is 0 Å². The third-order valence-electron chi connectivity index (χ3n) is 5.67. The molecular weight excluding hydrogens is 422 g/mol. The average Bonchev–Trinajstić information content (AvgIpc) is 3.29. The lowest BCUT2D eigenvalue weighted by Gasteiger charge is -2.15. The smallest absolute Gasteiger partial charge is 0.154 e. The monoisotopic (exact) mass is 441 g/mol. The molecule has 0 saturated heterocycles. The highest BCUT2D eigenvalue weighted by Gasteiger charge is 2.17. The lowest BCUT2D eigenvalue weighted by atomic mass is 10.0. The number of nitriles is 2. The second-order valence-corrected chi connectivity index (χ2v) is 8.03. The quantitative estimate of drug-likeness (QED) is 0.329. The van der Waals surface area contributed by atoms with Crippen molar-refractivity contribution in [1.29, 1.82) is 10.5 Å². The van der Waals surface area contributed by atoms with Crippen molar-refractivity contribution in [3.63, 3.8) is 0 Å². The van der Waals surface area contributed by atoms with Gasteiger partial charge in [0, 0.05) is 6.07 Å². The Bertz CT molecular complexity index is 1640. The van der Waals surface area contributed by atoms with Gasteiger partial charge in [0.1, 0.15) is 29.1 Å². The molecule has 0 aliphatic carbocycles. The van der Waals surface area contributed by atoms with E-state index in [-0.39, 0.29) is 11.1 Å². The molecule has 162 valence electrons. The van der Waals surface area contributed by atoms with Crippen LogP contribution in [0, 0.1) is 36.5 Å². The van der Waals surface area contributed by atoms with Gasteiger partial charge in [-0.25, -0.2) is 4.68 Å². The minimum absolute atomic E-state index is 0.236. The van der Waals surface area contributed by atoms with Gasteiger partial charge in [-0.1, -0.05) is 53.2 Å². The summed E-state index contributed by atoms with van der Waals surface area (Å²) >= 11 is 0. The van der Waals surface area contributed by atoms with Gasteiger partial charge >= 0.3 is 0 Å². The molecule has 0 fully saturated rings. The summed E-state index contributed by atoms with van der Waals surface area (Å²) in [6.45, 7) is 4.05. The number of aryl methyl sites for hydroxylation is 2. The Morgan fingerprint density at radius 1 is 0.765 bits per heavy atom. The zero-order valence-electron chi connectivity index (χ0n) is 18.6. The third kappa shape index (κ3) is 3.74. The largest absolute Gasteiger partial charge is 0.455 e. The van der Waals surface area contributed by atoms with Gasteiger partial charge in [0.05, 0.1) is 16.6 Å². The summed E-state index contributed by atoms with van der Waals surface area (Å²) in [4.78, 5) is 0. The molecule has 0 spiro atoms. The normalized spacial score (nSPS) is 10.6. The Hall–Kier alpha value is -4.94. The molecule has 0 N–H and O–H groups in total. The Labute approximate surface area is 196 Å². The van der Waals surface area contributed by atoms with Crippen molar-refractivity contribution in [2.45, 2.75) is 13.8 Å². The standard InChI is InChI=1S/C28H19N5O/c1-18-6-5-7-20(12-18)21-10-11-27(19(2)13-21)34-28-15-23(17-30)22(16-29)14-26(28)33-25-9-4-3-8-24(25)31-32-33/h3-15H,1-2H3. The summed E-state index contributed by atoms with van der Waals surface area (Å²) in [6.07, 6.45) is 0. The van der Waals surface area contributed by atoms with E-state index in [9.17, 15) is 10.5 Å². The SMILES string of the molecule is Cc1cccc(-c2ccc(Oc3cc(C#N)c(C#N)cc3-n3nnc4ccccc43)c(C)c2)c1. The lowest BCUT2D eigenvalue weighted by molar-refractivity contribution is 0.474. The molecular formula is C28H19N5O. The zero-order chi connectivity index (χ0) is 23.7. The Kier molecular flexibility index (Phi) is 5.26. The molecule has 0 bridgehead atoms. The van der Waals surface area contributed by atoms with Crippen LogP contribution in [-0.2, 0) is 0 Å². The van der Waals surface area contributed by atoms with E-state index in [1.54, 1.807) is 16.8 Å². The molecule has 5 rings (SSSR count). The first-order chi connectivity index (χ1) is 16.6. The Morgan fingerprint density at radius 3 is 2.29 bits per heavy atom. The van der Waals surface area contributed by atoms with Crippen LogP contribution in [0.5, 0.6) is 11.5 Å². The van der Waals surface area contributed by atoms with Crippen LogP contribution in [0.25, 0.3) is 27.8 Å². The predicted molar refractivity (Wildman–Crippen MR) is 130 cm³/mol. The van der Waals surface area contributed by atoms with Gasteiger partial charge < -0.3 is 4.74 Å². The lowest BCUT2D eigenvalue weighted by Crippen LogP contribution is -2.02. The first-order valence-electron chi connectivity index (χ1n) is 10.7. The molecule has 4 aromatic carbocycles. The predicted octanol–water partition coefficient (Wildman–Crippen LogP) is 6.24. The molecule has 0 aliphatic rings. The minimum Gasteiger partial charge on any atom is -0.455 e. The number of para-hydroxylation sites is 1. The van der Waals surface area contributed by atoms with E-state index in [0.717, 1.165) is 27.7 Å². The van der Waals surface area contributed by atoms with E-state index in [4.69, 9.17) is 4.74 Å². The first-order valence-corrected chi connectivity index (χ1v) is 10.7. The molecule has 0 amide bonds. The van der Waals surface area contributed by atoms with Crippen molar-refractivity contribution in [1.82, 2.24) is 15.0 Å². The number of rotatable bonds is 4. The maximum absolute atomic E-state index is 9.58. The van der Waals surface area contributed by atoms with Gasteiger partial charge in [-0.2, -0.15) is 10.5 Å². The van der Waals surface area contributed by atoms with Crippen LogP contribution in [0.2, 0.25) is 0 Å². The summed E-state index contributed by atoms with van der Waals surface area (Å²) in [5, 5.41) is 27.7. The summed E-state index contributed by atoms with van der Waals surface area (Å²) in [6, 6.07) is 29.2. The summed E-state index contributed by atoms with van der Waals surface area (Å²) in [5.41, 5.74) is 6.87. The molecule has 5 aromatic rings. The van der Waals surface area contributed by atoms with Crippen molar-refractivity contribution < 1.29 is 4.74 Å². The van der Waals surface area contributed by atoms with Crippen molar-refractivity contribution >= 4 is 11.0 Å². The molecule has 0 radical (unpaired) electrons. The molecule has 6 nitrogen and oxygen atoms in total. The summed E-state index contributed by atoms with van der Waals surface area (Å²) < 4.78 is 7.95. The molecule has 6 heteroatoms. The van der Waals surface area contributed by atoms with Gasteiger partial charge in [0.2, 0.25) is 0 Å². The van der Waals surface area contributed by atoms with E-state index in [1.165, 1.54) is 5.56 Å². The highest BCUT2D eigenvalue weighted by atomic mass is 16.5. The highest BCUT2D eigenvalue weighted by molar-refractivity contribution is 5.77. The van der Waals surface area contributed by atoms with Gasteiger partial charge in [0.25, 0.3) is 0 Å². The second kappa shape index (κ2) is 8.54. The molecule has 1 heterocycles. The van der Waals surface area contributed by atoms with Crippen LogP contribution >= 0.6 is 0 Å². The molecule has 0 unspecified atom stereocenters. The minimum atomic E-state index is 0.236. The van der Waals surface area contributed by atoms with E-state index in [0.29, 0.717) is 17.2 Å². The number of fused-ring (bicyclic) bond motifs is 1. The van der Waals surface area contributed by atoms with E-state index < -0.39 is 0 Å². The van der Waals surface area contributed by atoms with Gasteiger partial charge in [-0.05, 0) is 60.9 Å². The zero-order valence-corrected chi connectivity index (χ0v) is 18.6. The molecule has 1 aromatic heterocycles. The van der Waals surface area contributed by atoms with Crippen LogP contribution in [0.4, 0.5) is 0 Å². The maximum atomic E-state index is 9.58. The van der Waals surface area contributed by atoms with Crippen molar-refractivity contribution in [2.24, 2.45) is 0 Å². The van der Waals surface area contributed by atoms with Crippen LogP contribution in [-0.4, -0.2) is 15.0 Å². The maximum Gasteiger partial charge on any atom is 0.154 e. The van der Waals surface area contributed by atoms with Crippen molar-refractivity contribution in [3.05, 3.63) is 101 Å². The Morgan fingerprint density at radius 2 is 1.53 bits per heavy atom. The van der Waals surface area contributed by atoms with Crippen molar-refractivity contribution in [2.75, 3.05) is 0 Å². The van der Waals surface area contributed by atoms with Crippen LogP contribution in [0.1, 0.15) is 22.3 Å². The molecule has 34 heavy (non-hydrogen) atoms. The fourth-order valence-electron chi connectivity index (χ4n) is 3.93. The summed E-state index contributed by atoms with van der Waals surface area (Å²) in [7, 11) is 0. The van der Waals surface area contributed by atoms with Crippen molar-refractivity contribution in [3.8, 4) is 40.5 Å². The van der Waals surface area contributed by atoms with Gasteiger partial charge in [-0.3, -0.25) is 0 Å². The van der Waals surface area contributed by atoms with Crippen LogP contribution in [0.15, 0.2) is 78.9 Å². The summed E-state index contributed by atoms with van der Waals surface area (Å²) in [5.74, 6) is 1.06. The third-order valence-corrected chi connectivity index (χ3v) is 5.67. The molecule has 0 aliphatic heterocycles. The fourth-order valence-corrected chi connectivity index (χ4v) is 3.93. The van der Waals surface area contributed by atoms with Gasteiger partial charge in [0.15, 0.2) is 5.75 Å². The fraction of sp³-hybridized carbons (Fsp3) is 0.0714. The number of benzene rings is 4. The average molecular weight is 441 g/mol. The number of nitrogens with zero attached hydrogens (tertiary/aromatic N) is 5. The molecule has 0 atom stereocenters. The number of hydrogen-bond donors (Lipinski definition) is 0. The second-order valence-electron chi connectivity index (χ2n) is 8.03. The van der Waals surface area contributed by atoms with E-state index >= 15 is 0 Å². The van der Waals surface area contributed by atoms with E-state index in [1.807, 2.05) is 49.4 Å². The number of aromatic nitrogens is 3. The first kappa shape index (κ1) is 20.9. The Balaban J connectivity index is 1.61. The number of ether oxygens (including phenoxy) is 1. The molecule has 0 saturated carbocycles. The van der Waals surface area contributed by atoms with E-state index in [2.05, 4.69) is 53.6 Å². The number of hydrogen-bond acceptors (Lipinski definition) is 5. The topological polar surface area (TPSA) is 87.5 Å². The highest BCUT2D eigenvalue weighted by Crippen LogP contribution is 2.35. The van der Waals surface area contributed by atoms with Crippen LogP contribution < -0.4 is 4.74 Å². The van der Waals surface area contributed by atoms with Gasteiger partial charge in [-0.15, -0.1) is 5.10 Å².